The first-order valence-electron chi connectivity index (χ1n) is 11.8. The fourth-order valence-electron chi connectivity index (χ4n) is 4.19. The Labute approximate surface area is 233 Å². The zero-order valence-electron chi connectivity index (χ0n) is 20.8. The van der Waals surface area contributed by atoms with Gasteiger partial charge in [-0.2, -0.15) is 0 Å². The summed E-state index contributed by atoms with van der Waals surface area (Å²) >= 11 is 7.34. The van der Waals surface area contributed by atoms with Gasteiger partial charge in [0.1, 0.15) is 18.1 Å². The Morgan fingerprint density at radius 3 is 2.49 bits per heavy atom. The van der Waals surface area contributed by atoms with E-state index in [0.29, 0.717) is 18.1 Å². The number of aromatic nitrogens is 1. The molecule has 0 saturated heterocycles. The summed E-state index contributed by atoms with van der Waals surface area (Å²) in [7, 11) is 0. The first-order chi connectivity index (χ1) is 17.6. The number of pyridine rings is 1. The maximum Gasteiger partial charge on any atom is 0.303 e. The highest BCUT2D eigenvalue weighted by molar-refractivity contribution is 9.11. The second kappa shape index (κ2) is 13.1. The van der Waals surface area contributed by atoms with Crippen molar-refractivity contribution in [2.45, 2.75) is 58.5 Å². The lowest BCUT2D eigenvalue weighted by molar-refractivity contribution is -0.137. The maximum atomic E-state index is 11.2. The number of halogens is 2. The van der Waals surface area contributed by atoms with Gasteiger partial charge in [-0.1, -0.05) is 19.9 Å². The van der Waals surface area contributed by atoms with Crippen LogP contribution in [0.5, 0.6) is 17.2 Å². The van der Waals surface area contributed by atoms with Gasteiger partial charge < -0.3 is 19.7 Å². The van der Waals surface area contributed by atoms with Crippen molar-refractivity contribution >= 4 is 43.8 Å². The molecule has 0 amide bonds. The van der Waals surface area contributed by atoms with E-state index < -0.39 is 11.9 Å². The molecule has 1 atom stereocenters. The predicted octanol–water partition coefficient (Wildman–Crippen LogP) is 7.70. The number of hydrogen-bond acceptors (Lipinski definition) is 5. The lowest BCUT2D eigenvalue weighted by Crippen LogP contribution is -2.03. The van der Waals surface area contributed by atoms with Gasteiger partial charge in [0, 0.05) is 18.7 Å². The third-order valence-electron chi connectivity index (χ3n) is 5.84. The molecule has 1 unspecified atom stereocenters. The van der Waals surface area contributed by atoms with E-state index in [2.05, 4.69) is 50.7 Å². The van der Waals surface area contributed by atoms with Gasteiger partial charge in [0.2, 0.25) is 0 Å². The summed E-state index contributed by atoms with van der Waals surface area (Å²) in [4.78, 5) is 24.5. The molecule has 196 valence electrons. The average Bonchev–Trinajstić information content (AvgIpc) is 3.22. The molecule has 2 aromatic carbocycles. The molecule has 1 aliphatic carbocycles. The Kier molecular flexibility index (Phi) is 10.1. The van der Waals surface area contributed by atoms with E-state index in [1.165, 1.54) is 0 Å². The average molecular weight is 635 g/mol. The van der Waals surface area contributed by atoms with Crippen molar-refractivity contribution < 1.29 is 29.3 Å². The summed E-state index contributed by atoms with van der Waals surface area (Å²) in [6.07, 6.45) is 3.56. The molecule has 9 heteroatoms. The number of hydrogen-bond donors (Lipinski definition) is 2. The second-order valence-corrected chi connectivity index (χ2v) is 10.6. The minimum absolute atomic E-state index is 0.0298. The van der Waals surface area contributed by atoms with Crippen LogP contribution >= 0.6 is 31.9 Å². The number of carboxylic acids is 2. The number of carbonyl (C=O) groups is 2. The molecule has 7 nitrogen and oxygen atoms in total. The number of carboxylic acid groups (broad SMARTS) is 2. The number of rotatable bonds is 8. The lowest BCUT2D eigenvalue weighted by Gasteiger charge is -2.18. The van der Waals surface area contributed by atoms with Crippen LogP contribution < -0.4 is 9.47 Å². The van der Waals surface area contributed by atoms with Gasteiger partial charge in [0.05, 0.1) is 21.1 Å². The van der Waals surface area contributed by atoms with Crippen molar-refractivity contribution in [2.75, 3.05) is 0 Å². The number of aliphatic carboxylic acids is 2. The van der Waals surface area contributed by atoms with Gasteiger partial charge in [0.15, 0.2) is 5.75 Å². The Morgan fingerprint density at radius 2 is 1.86 bits per heavy atom. The van der Waals surface area contributed by atoms with Crippen molar-refractivity contribution in [2.24, 2.45) is 0 Å². The Bertz CT molecular complexity index is 1260. The van der Waals surface area contributed by atoms with Crippen LogP contribution in [0.1, 0.15) is 67.8 Å². The zero-order chi connectivity index (χ0) is 27.1. The molecular formula is C28H29Br2NO6. The molecule has 0 spiro atoms. The molecule has 4 rings (SSSR count). The van der Waals surface area contributed by atoms with Crippen molar-refractivity contribution in [1.82, 2.24) is 4.98 Å². The lowest BCUT2D eigenvalue weighted by atomic mass is 9.98. The molecule has 37 heavy (non-hydrogen) atoms. The Balaban J connectivity index is 0.000000886. The SMILES string of the molecule is CC(=O)O.CC(C)c1cc(Oc2c(Br)cc3c(c2Br)CCC3CC(=O)O)ccc1OCc1ccccn1. The molecule has 1 aliphatic rings. The van der Waals surface area contributed by atoms with Crippen molar-refractivity contribution in [3.05, 3.63) is 80.0 Å². The standard InChI is InChI=1S/C26H25Br2NO4.C2H4O2/c1-15(2)20-12-18(7-9-23(20)32-14-17-5-3-4-10-29-17)33-26-22(27)13-21-16(11-24(30)31)6-8-19(21)25(26)28;1-2(3)4/h3-5,7,9-10,12-13,15-16H,6,8,11,14H2,1-2H3,(H,30,31);1H3,(H,3,4). The summed E-state index contributed by atoms with van der Waals surface area (Å²) < 4.78 is 14.0. The van der Waals surface area contributed by atoms with Gasteiger partial charge in [-0.15, -0.1) is 0 Å². The third-order valence-corrected chi connectivity index (χ3v) is 7.27. The molecule has 1 aromatic heterocycles. The van der Waals surface area contributed by atoms with Crippen molar-refractivity contribution in [3.63, 3.8) is 0 Å². The summed E-state index contributed by atoms with van der Waals surface area (Å²) in [5.41, 5.74) is 4.13. The summed E-state index contributed by atoms with van der Waals surface area (Å²) in [5.74, 6) is 0.892. The van der Waals surface area contributed by atoms with E-state index in [9.17, 15) is 9.90 Å². The fourth-order valence-corrected chi connectivity index (χ4v) is 5.71. The van der Waals surface area contributed by atoms with Crippen LogP contribution in [-0.4, -0.2) is 27.1 Å². The number of nitrogens with zero attached hydrogens (tertiary/aromatic N) is 1. The predicted molar refractivity (Wildman–Crippen MR) is 148 cm³/mol. The number of fused-ring (bicyclic) bond motifs is 1. The Hall–Kier alpha value is -2.91. The van der Waals surface area contributed by atoms with Crippen LogP contribution in [-0.2, 0) is 22.6 Å². The monoisotopic (exact) mass is 633 g/mol. The first kappa shape index (κ1) is 28.7. The summed E-state index contributed by atoms with van der Waals surface area (Å²) in [6, 6.07) is 13.6. The third kappa shape index (κ3) is 7.79. The molecule has 2 N–H and O–H groups in total. The summed E-state index contributed by atoms with van der Waals surface area (Å²) in [6.45, 7) is 5.73. The highest BCUT2D eigenvalue weighted by atomic mass is 79.9. The second-order valence-electron chi connectivity index (χ2n) is 8.99. The van der Waals surface area contributed by atoms with Gasteiger partial charge in [0.25, 0.3) is 5.97 Å². The van der Waals surface area contributed by atoms with Crippen LogP contribution in [0, 0.1) is 0 Å². The smallest absolute Gasteiger partial charge is 0.303 e. The zero-order valence-corrected chi connectivity index (χ0v) is 24.0. The first-order valence-corrected chi connectivity index (χ1v) is 13.4. The van der Waals surface area contributed by atoms with E-state index in [1.807, 2.05) is 42.5 Å². The molecule has 3 aromatic rings. The molecule has 0 saturated carbocycles. The normalized spacial score (nSPS) is 13.9. The van der Waals surface area contributed by atoms with Crippen LogP contribution in [0.25, 0.3) is 0 Å². The van der Waals surface area contributed by atoms with Crippen LogP contribution in [0.3, 0.4) is 0 Å². The molecule has 0 fully saturated rings. The quantitative estimate of drug-likeness (QED) is 0.261. The number of ether oxygens (including phenoxy) is 2. The van der Waals surface area contributed by atoms with Crippen LogP contribution in [0.2, 0.25) is 0 Å². The van der Waals surface area contributed by atoms with Crippen LogP contribution in [0.15, 0.2) is 57.6 Å². The molecule has 1 heterocycles. The van der Waals surface area contributed by atoms with E-state index in [4.69, 9.17) is 19.4 Å². The Morgan fingerprint density at radius 1 is 1.14 bits per heavy atom. The topological polar surface area (TPSA) is 106 Å². The van der Waals surface area contributed by atoms with Gasteiger partial charge in [-0.25, -0.2) is 0 Å². The van der Waals surface area contributed by atoms with Gasteiger partial charge >= 0.3 is 5.97 Å². The fraction of sp³-hybridized carbons (Fsp3) is 0.321. The van der Waals surface area contributed by atoms with Crippen molar-refractivity contribution in [3.8, 4) is 17.2 Å². The van der Waals surface area contributed by atoms with Gasteiger partial charge in [-0.05, 0) is 104 Å². The molecule has 0 aliphatic heterocycles. The van der Waals surface area contributed by atoms with E-state index in [-0.39, 0.29) is 18.3 Å². The minimum Gasteiger partial charge on any atom is -0.487 e. The minimum atomic E-state index is -0.833. The molecule has 0 bridgehead atoms. The van der Waals surface area contributed by atoms with E-state index >= 15 is 0 Å². The summed E-state index contributed by atoms with van der Waals surface area (Å²) in [5, 5.41) is 16.6. The van der Waals surface area contributed by atoms with E-state index in [0.717, 1.165) is 56.8 Å². The number of benzene rings is 2. The van der Waals surface area contributed by atoms with Crippen molar-refractivity contribution in [1.29, 1.82) is 0 Å². The molecular weight excluding hydrogens is 606 g/mol. The van der Waals surface area contributed by atoms with E-state index in [1.54, 1.807) is 6.20 Å². The highest BCUT2D eigenvalue weighted by Crippen LogP contribution is 2.48. The van der Waals surface area contributed by atoms with Crippen LogP contribution in [0.4, 0.5) is 0 Å². The highest BCUT2D eigenvalue weighted by Gasteiger charge is 2.29. The maximum absolute atomic E-state index is 11.2. The van der Waals surface area contributed by atoms with Gasteiger partial charge in [-0.3, -0.25) is 14.6 Å². The largest absolute Gasteiger partial charge is 0.487 e. The molecule has 0 radical (unpaired) electrons.